The molecular weight excluding hydrogens is 336 g/mol. The predicted molar refractivity (Wildman–Crippen MR) is 112 cm³/mol. The first-order valence-corrected chi connectivity index (χ1v) is 9.45. The summed E-state index contributed by atoms with van der Waals surface area (Å²) in [6, 6.07) is 13.9. The molecule has 0 amide bonds. The van der Waals surface area contributed by atoms with Gasteiger partial charge in [-0.1, -0.05) is 24.3 Å². The summed E-state index contributed by atoms with van der Waals surface area (Å²) in [5.41, 5.74) is 2.07. The molecule has 144 valence electrons. The topological polar surface area (TPSA) is 49.8 Å². The second-order valence-corrected chi connectivity index (χ2v) is 6.28. The van der Waals surface area contributed by atoms with E-state index >= 15 is 0 Å². The van der Waals surface area contributed by atoms with Crippen LogP contribution in [0.3, 0.4) is 0 Å². The summed E-state index contributed by atoms with van der Waals surface area (Å²) in [4.78, 5) is 11.2. The number of nitrogens with one attached hydrogen (secondary N) is 1. The van der Waals surface area contributed by atoms with Gasteiger partial charge in [-0.25, -0.2) is 4.99 Å². The number of rotatable bonds is 10. The van der Waals surface area contributed by atoms with E-state index < -0.39 is 0 Å². The van der Waals surface area contributed by atoms with Gasteiger partial charge in [0.1, 0.15) is 12.4 Å². The number of aromatic nitrogens is 1. The van der Waals surface area contributed by atoms with Gasteiger partial charge in [-0.2, -0.15) is 0 Å². The lowest BCUT2D eigenvalue weighted by Crippen LogP contribution is -2.39. The number of benzene rings is 1. The normalized spacial score (nSPS) is 11.1. The van der Waals surface area contributed by atoms with Crippen molar-refractivity contribution < 1.29 is 4.74 Å². The van der Waals surface area contributed by atoms with E-state index in [2.05, 4.69) is 47.9 Å². The monoisotopic (exact) mass is 366 g/mol. The Morgan fingerprint density at radius 3 is 2.74 bits per heavy atom. The molecule has 0 bridgehead atoms. The molecule has 0 radical (unpaired) electrons. The molecule has 2 aromatic rings. The molecule has 1 heterocycles. The van der Waals surface area contributed by atoms with Crippen LogP contribution in [0.15, 0.2) is 66.3 Å². The van der Waals surface area contributed by atoms with E-state index in [0.29, 0.717) is 13.2 Å². The molecule has 1 N–H and O–H groups in total. The van der Waals surface area contributed by atoms with Crippen molar-refractivity contribution in [3.05, 3.63) is 72.6 Å². The molecule has 0 atom stereocenters. The fourth-order valence-corrected chi connectivity index (χ4v) is 2.55. The lowest BCUT2D eigenvalue weighted by atomic mass is 10.2. The zero-order valence-corrected chi connectivity index (χ0v) is 16.4. The van der Waals surface area contributed by atoms with Crippen LogP contribution in [0.4, 0.5) is 0 Å². The molecule has 0 spiro atoms. The molecule has 2 rings (SSSR count). The highest BCUT2D eigenvalue weighted by Crippen LogP contribution is 2.14. The highest BCUT2D eigenvalue weighted by molar-refractivity contribution is 5.79. The number of allylic oxidation sites excluding steroid dienone is 1. The first-order valence-electron chi connectivity index (χ1n) is 9.45. The Morgan fingerprint density at radius 2 is 2.07 bits per heavy atom. The Kier molecular flexibility index (Phi) is 8.90. The first kappa shape index (κ1) is 20.5. The highest BCUT2D eigenvalue weighted by Gasteiger charge is 2.05. The van der Waals surface area contributed by atoms with Gasteiger partial charge in [0.05, 0.1) is 12.2 Å². The summed E-state index contributed by atoms with van der Waals surface area (Å²) in [5, 5.41) is 3.35. The Balaban J connectivity index is 1.88. The van der Waals surface area contributed by atoms with Crippen molar-refractivity contribution in [1.82, 2.24) is 15.2 Å². The molecule has 27 heavy (non-hydrogen) atoms. The predicted octanol–water partition coefficient (Wildman–Crippen LogP) is 4.02. The summed E-state index contributed by atoms with van der Waals surface area (Å²) < 4.78 is 5.78. The van der Waals surface area contributed by atoms with Crippen molar-refractivity contribution >= 4 is 5.96 Å². The van der Waals surface area contributed by atoms with Crippen LogP contribution >= 0.6 is 0 Å². The van der Waals surface area contributed by atoms with Crippen molar-refractivity contribution in [2.24, 2.45) is 4.99 Å². The number of ether oxygens (including phenoxy) is 1. The molecule has 0 unspecified atom stereocenters. The third kappa shape index (κ3) is 7.52. The van der Waals surface area contributed by atoms with Crippen molar-refractivity contribution in [1.29, 1.82) is 0 Å². The third-order valence-electron chi connectivity index (χ3n) is 4.05. The van der Waals surface area contributed by atoms with Gasteiger partial charge in [0, 0.05) is 26.3 Å². The van der Waals surface area contributed by atoms with E-state index in [4.69, 9.17) is 9.73 Å². The molecule has 0 aliphatic carbocycles. The fraction of sp³-hybridized carbons (Fsp3) is 0.364. The Morgan fingerprint density at radius 1 is 1.26 bits per heavy atom. The van der Waals surface area contributed by atoms with Gasteiger partial charge < -0.3 is 15.0 Å². The summed E-state index contributed by atoms with van der Waals surface area (Å²) in [5.74, 6) is 1.76. The number of hydrogen-bond donors (Lipinski definition) is 1. The SMILES string of the molecule is C=CCCCN(C)C(=NCc1ccc(OCc2ccccn2)cc1)NCC. The molecule has 0 aliphatic rings. The van der Waals surface area contributed by atoms with Gasteiger partial charge in [-0.05, 0) is 49.6 Å². The molecule has 5 nitrogen and oxygen atoms in total. The minimum Gasteiger partial charge on any atom is -0.487 e. The molecule has 1 aromatic carbocycles. The van der Waals surface area contributed by atoms with Crippen LogP contribution in [0.2, 0.25) is 0 Å². The quantitative estimate of drug-likeness (QED) is 0.299. The molecule has 0 fully saturated rings. The summed E-state index contributed by atoms with van der Waals surface area (Å²) in [6.45, 7) is 8.77. The van der Waals surface area contributed by atoms with E-state index in [1.807, 2.05) is 36.4 Å². The van der Waals surface area contributed by atoms with Crippen molar-refractivity contribution in [2.75, 3.05) is 20.1 Å². The minimum atomic E-state index is 0.471. The lowest BCUT2D eigenvalue weighted by molar-refractivity contribution is 0.301. The fourth-order valence-electron chi connectivity index (χ4n) is 2.55. The molecule has 5 heteroatoms. The number of guanidine groups is 1. The van der Waals surface area contributed by atoms with Crippen LogP contribution in [0.5, 0.6) is 5.75 Å². The average Bonchev–Trinajstić information content (AvgIpc) is 2.71. The maximum Gasteiger partial charge on any atom is 0.193 e. The van der Waals surface area contributed by atoms with Crippen LogP contribution in [-0.4, -0.2) is 36.0 Å². The van der Waals surface area contributed by atoms with Gasteiger partial charge in [0.15, 0.2) is 5.96 Å². The summed E-state index contributed by atoms with van der Waals surface area (Å²) >= 11 is 0. The summed E-state index contributed by atoms with van der Waals surface area (Å²) in [7, 11) is 2.07. The van der Waals surface area contributed by atoms with Crippen molar-refractivity contribution in [3.63, 3.8) is 0 Å². The molecule has 0 aliphatic heterocycles. The van der Waals surface area contributed by atoms with E-state index in [1.54, 1.807) is 6.20 Å². The van der Waals surface area contributed by atoms with Gasteiger partial charge in [0.25, 0.3) is 0 Å². The van der Waals surface area contributed by atoms with E-state index in [0.717, 1.165) is 48.9 Å². The maximum absolute atomic E-state index is 5.78. The zero-order chi connectivity index (χ0) is 19.3. The minimum absolute atomic E-state index is 0.471. The number of hydrogen-bond acceptors (Lipinski definition) is 3. The average molecular weight is 367 g/mol. The lowest BCUT2D eigenvalue weighted by Gasteiger charge is -2.21. The molecule has 0 saturated carbocycles. The molecular formula is C22H30N4O. The first-order chi connectivity index (χ1) is 13.2. The van der Waals surface area contributed by atoms with E-state index in [1.165, 1.54) is 0 Å². The van der Waals surface area contributed by atoms with Crippen molar-refractivity contribution in [2.45, 2.75) is 32.9 Å². The van der Waals surface area contributed by atoms with Crippen LogP contribution in [0, 0.1) is 0 Å². The number of unbranched alkanes of at least 4 members (excludes halogenated alkanes) is 1. The van der Waals surface area contributed by atoms with Crippen LogP contribution in [-0.2, 0) is 13.2 Å². The largest absolute Gasteiger partial charge is 0.487 e. The van der Waals surface area contributed by atoms with Crippen LogP contribution < -0.4 is 10.1 Å². The van der Waals surface area contributed by atoms with E-state index in [9.17, 15) is 0 Å². The van der Waals surface area contributed by atoms with Gasteiger partial charge in [-0.15, -0.1) is 6.58 Å². The van der Waals surface area contributed by atoms with Crippen LogP contribution in [0.25, 0.3) is 0 Å². The maximum atomic E-state index is 5.78. The summed E-state index contributed by atoms with van der Waals surface area (Å²) in [6.07, 6.45) is 5.82. The number of pyridine rings is 1. The molecule has 0 saturated heterocycles. The second kappa shape index (κ2) is 11.7. The number of aliphatic imine (C=N–C) groups is 1. The third-order valence-corrected chi connectivity index (χ3v) is 4.05. The molecule has 1 aromatic heterocycles. The zero-order valence-electron chi connectivity index (χ0n) is 16.4. The smallest absolute Gasteiger partial charge is 0.193 e. The van der Waals surface area contributed by atoms with Gasteiger partial charge in [-0.3, -0.25) is 4.98 Å². The Hall–Kier alpha value is -2.82. The Labute approximate surface area is 162 Å². The van der Waals surface area contributed by atoms with Crippen LogP contribution in [0.1, 0.15) is 31.0 Å². The van der Waals surface area contributed by atoms with Gasteiger partial charge in [0.2, 0.25) is 0 Å². The van der Waals surface area contributed by atoms with E-state index in [-0.39, 0.29) is 0 Å². The standard InChI is InChI=1S/C22H30N4O/c1-4-6-9-16-26(3)22(23-5-2)25-17-19-11-13-21(14-12-19)27-18-20-10-7-8-15-24-20/h4,7-8,10-15H,1,5-6,9,16-18H2,2-3H3,(H,23,25). The van der Waals surface area contributed by atoms with Crippen molar-refractivity contribution in [3.8, 4) is 5.75 Å². The second-order valence-electron chi connectivity index (χ2n) is 6.28. The Bertz CT molecular complexity index is 698. The number of nitrogens with zero attached hydrogens (tertiary/aromatic N) is 3. The van der Waals surface area contributed by atoms with Gasteiger partial charge >= 0.3 is 0 Å². The highest BCUT2D eigenvalue weighted by atomic mass is 16.5.